The maximum absolute atomic E-state index is 8.62. The third-order valence-corrected chi connectivity index (χ3v) is 3.61. The van der Waals surface area contributed by atoms with Gasteiger partial charge in [-0.15, -0.1) is 11.3 Å². The van der Waals surface area contributed by atoms with Crippen molar-refractivity contribution >= 4 is 32.4 Å². The second kappa shape index (κ2) is 6.37. The van der Waals surface area contributed by atoms with Gasteiger partial charge in [-0.3, -0.25) is 0 Å². The monoisotopic (exact) mass is 278 g/mol. The number of aliphatic hydroxyl groups excluding tert-OH is 1. The van der Waals surface area contributed by atoms with Crippen molar-refractivity contribution in [3.8, 4) is 0 Å². The lowest BCUT2D eigenvalue weighted by atomic mass is 10.2. The number of hydrogen-bond donors (Lipinski definition) is 1. The van der Waals surface area contributed by atoms with Crippen LogP contribution in [0.5, 0.6) is 0 Å². The molecular formula is C9H15BrN2OS. The van der Waals surface area contributed by atoms with Crippen LogP contribution in [0.15, 0.2) is 9.98 Å². The van der Waals surface area contributed by atoms with Gasteiger partial charge < -0.3 is 10.0 Å². The smallest absolute Gasteiger partial charge is 0.186 e. The van der Waals surface area contributed by atoms with E-state index in [2.05, 4.69) is 25.8 Å². The van der Waals surface area contributed by atoms with Crippen molar-refractivity contribution in [3.63, 3.8) is 0 Å². The predicted molar refractivity (Wildman–Crippen MR) is 64.0 cm³/mol. The summed E-state index contributed by atoms with van der Waals surface area (Å²) in [5, 5.41) is 11.6. The lowest BCUT2D eigenvalue weighted by Gasteiger charge is -2.14. The molecule has 0 bridgehead atoms. The molecule has 0 fully saturated rings. The largest absolute Gasteiger partial charge is 0.396 e. The van der Waals surface area contributed by atoms with Crippen molar-refractivity contribution in [3.05, 3.63) is 9.98 Å². The molecule has 0 aromatic carbocycles. The van der Waals surface area contributed by atoms with Gasteiger partial charge in [-0.1, -0.05) is 0 Å². The minimum Gasteiger partial charge on any atom is -0.396 e. The Morgan fingerprint density at radius 3 is 2.86 bits per heavy atom. The van der Waals surface area contributed by atoms with Gasteiger partial charge in [-0.25, -0.2) is 4.98 Å². The van der Waals surface area contributed by atoms with Crippen LogP contribution in [0.4, 0.5) is 5.13 Å². The highest BCUT2D eigenvalue weighted by Crippen LogP contribution is 2.22. The van der Waals surface area contributed by atoms with E-state index in [9.17, 15) is 0 Å². The number of unbranched alkanes of at least 4 members (excludes halogenated alkanes) is 2. The molecule has 5 heteroatoms. The topological polar surface area (TPSA) is 36.4 Å². The van der Waals surface area contributed by atoms with Crippen LogP contribution >= 0.6 is 27.3 Å². The normalized spacial score (nSPS) is 10.5. The lowest BCUT2D eigenvalue weighted by Crippen LogP contribution is -2.18. The maximum atomic E-state index is 8.62. The predicted octanol–water partition coefficient (Wildman–Crippen LogP) is 2.50. The molecule has 0 aliphatic carbocycles. The van der Waals surface area contributed by atoms with Crippen molar-refractivity contribution in [2.45, 2.75) is 19.3 Å². The van der Waals surface area contributed by atoms with Gasteiger partial charge in [-0.2, -0.15) is 0 Å². The Morgan fingerprint density at radius 2 is 2.29 bits per heavy atom. The first-order valence-corrected chi connectivity index (χ1v) is 6.34. The van der Waals surface area contributed by atoms with Crippen LogP contribution < -0.4 is 4.90 Å². The zero-order chi connectivity index (χ0) is 10.4. The van der Waals surface area contributed by atoms with Crippen molar-refractivity contribution in [2.75, 3.05) is 25.1 Å². The van der Waals surface area contributed by atoms with Gasteiger partial charge in [0.15, 0.2) is 5.13 Å². The molecule has 0 unspecified atom stereocenters. The fraction of sp³-hybridized carbons (Fsp3) is 0.667. The summed E-state index contributed by atoms with van der Waals surface area (Å²) in [7, 11) is 2.05. The summed E-state index contributed by atoms with van der Waals surface area (Å²) >= 11 is 4.97. The fourth-order valence-electron chi connectivity index (χ4n) is 1.15. The molecule has 1 aromatic rings. The van der Waals surface area contributed by atoms with Gasteiger partial charge in [0, 0.05) is 25.6 Å². The van der Waals surface area contributed by atoms with Crippen LogP contribution in [0, 0.1) is 0 Å². The van der Waals surface area contributed by atoms with E-state index in [1.54, 1.807) is 11.3 Å². The van der Waals surface area contributed by atoms with E-state index in [-0.39, 0.29) is 0 Å². The maximum Gasteiger partial charge on any atom is 0.186 e. The Morgan fingerprint density at radius 1 is 1.50 bits per heavy atom. The van der Waals surface area contributed by atoms with E-state index in [1.807, 2.05) is 12.4 Å². The minimum atomic E-state index is 0.298. The molecule has 0 atom stereocenters. The third kappa shape index (κ3) is 3.94. The number of rotatable bonds is 6. The lowest BCUT2D eigenvalue weighted by molar-refractivity contribution is 0.283. The molecule has 80 valence electrons. The molecule has 0 amide bonds. The Bertz CT molecular complexity index is 267. The van der Waals surface area contributed by atoms with E-state index < -0.39 is 0 Å². The summed E-state index contributed by atoms with van der Waals surface area (Å²) in [5.41, 5.74) is 0. The molecule has 0 aliphatic rings. The Hall–Kier alpha value is -0.130. The van der Waals surface area contributed by atoms with E-state index in [0.29, 0.717) is 6.61 Å². The zero-order valence-corrected chi connectivity index (χ0v) is 10.6. The first-order chi connectivity index (χ1) is 6.74. The van der Waals surface area contributed by atoms with Gasteiger partial charge >= 0.3 is 0 Å². The summed E-state index contributed by atoms with van der Waals surface area (Å²) < 4.78 is 0.903. The Labute approximate surface area is 96.9 Å². The number of hydrogen-bond acceptors (Lipinski definition) is 4. The highest BCUT2D eigenvalue weighted by molar-refractivity contribution is 9.10. The average Bonchev–Trinajstić information content (AvgIpc) is 2.59. The Balaban J connectivity index is 2.25. The fourth-order valence-corrected chi connectivity index (χ4v) is 2.40. The van der Waals surface area contributed by atoms with Crippen LogP contribution in [0.1, 0.15) is 19.3 Å². The molecule has 1 aromatic heterocycles. The van der Waals surface area contributed by atoms with Crippen molar-refractivity contribution < 1.29 is 5.11 Å². The number of nitrogens with zero attached hydrogens (tertiary/aromatic N) is 2. The first kappa shape index (κ1) is 11.9. The minimum absolute atomic E-state index is 0.298. The molecule has 1 N–H and O–H groups in total. The van der Waals surface area contributed by atoms with Gasteiger partial charge in [0.2, 0.25) is 0 Å². The summed E-state index contributed by atoms with van der Waals surface area (Å²) in [6.45, 7) is 1.30. The highest BCUT2D eigenvalue weighted by Gasteiger charge is 2.04. The van der Waals surface area contributed by atoms with Crippen LogP contribution in [0.25, 0.3) is 0 Å². The molecule has 14 heavy (non-hydrogen) atoms. The number of aromatic nitrogens is 1. The van der Waals surface area contributed by atoms with Crippen LogP contribution in [-0.2, 0) is 0 Å². The quantitative estimate of drug-likeness (QED) is 0.813. The third-order valence-electron chi connectivity index (χ3n) is 1.94. The second-order valence-electron chi connectivity index (χ2n) is 3.16. The van der Waals surface area contributed by atoms with Crippen molar-refractivity contribution in [2.24, 2.45) is 0 Å². The number of anilines is 1. The molecule has 0 saturated heterocycles. The van der Waals surface area contributed by atoms with Gasteiger partial charge in [0.25, 0.3) is 0 Å². The van der Waals surface area contributed by atoms with Crippen LogP contribution in [0.3, 0.4) is 0 Å². The van der Waals surface area contributed by atoms with E-state index in [0.717, 1.165) is 35.5 Å². The first-order valence-electron chi connectivity index (χ1n) is 4.67. The number of halogens is 1. The zero-order valence-electron chi connectivity index (χ0n) is 8.24. The standard InChI is InChI=1S/C9H15BrN2OS/c1-12(5-3-2-4-6-13)9-11-8(10)7-14-9/h7,13H,2-6H2,1H3. The second-order valence-corrected chi connectivity index (χ2v) is 4.81. The number of thiazole rings is 1. The van der Waals surface area contributed by atoms with Crippen LogP contribution in [0.2, 0.25) is 0 Å². The molecule has 1 rings (SSSR count). The molecule has 0 radical (unpaired) electrons. The summed E-state index contributed by atoms with van der Waals surface area (Å²) in [6, 6.07) is 0. The van der Waals surface area contributed by atoms with Gasteiger partial charge in [-0.05, 0) is 35.2 Å². The summed E-state index contributed by atoms with van der Waals surface area (Å²) in [5.74, 6) is 0. The molecule has 0 aliphatic heterocycles. The molecule has 1 heterocycles. The van der Waals surface area contributed by atoms with E-state index >= 15 is 0 Å². The molecule has 0 spiro atoms. The van der Waals surface area contributed by atoms with Crippen molar-refractivity contribution in [1.82, 2.24) is 4.98 Å². The molecule has 0 saturated carbocycles. The number of aliphatic hydroxyl groups is 1. The summed E-state index contributed by atoms with van der Waals surface area (Å²) in [4.78, 5) is 6.47. The molecule has 3 nitrogen and oxygen atoms in total. The highest BCUT2D eigenvalue weighted by atomic mass is 79.9. The van der Waals surface area contributed by atoms with Crippen LogP contribution in [-0.4, -0.2) is 30.3 Å². The Kier molecular flexibility index (Phi) is 5.44. The summed E-state index contributed by atoms with van der Waals surface area (Å²) in [6.07, 6.45) is 3.08. The van der Waals surface area contributed by atoms with Crippen molar-refractivity contribution in [1.29, 1.82) is 0 Å². The average molecular weight is 279 g/mol. The van der Waals surface area contributed by atoms with E-state index in [4.69, 9.17) is 5.11 Å². The molecular weight excluding hydrogens is 264 g/mol. The van der Waals surface area contributed by atoms with Gasteiger partial charge in [0.05, 0.1) is 0 Å². The van der Waals surface area contributed by atoms with Gasteiger partial charge in [0.1, 0.15) is 4.60 Å². The SMILES string of the molecule is CN(CCCCCO)c1nc(Br)cs1. The van der Waals surface area contributed by atoms with E-state index in [1.165, 1.54) is 0 Å².